The fourth-order valence-corrected chi connectivity index (χ4v) is 2.93. The number of fused-ring (bicyclic) bond motifs is 1. The molecule has 0 radical (unpaired) electrons. The van der Waals surface area contributed by atoms with Gasteiger partial charge < -0.3 is 10.1 Å². The summed E-state index contributed by atoms with van der Waals surface area (Å²) in [5.74, 6) is 0.690. The van der Waals surface area contributed by atoms with Crippen molar-refractivity contribution in [1.82, 2.24) is 15.2 Å². The van der Waals surface area contributed by atoms with Gasteiger partial charge in [0.2, 0.25) is 0 Å². The van der Waals surface area contributed by atoms with Gasteiger partial charge in [-0.2, -0.15) is 0 Å². The van der Waals surface area contributed by atoms with Gasteiger partial charge >= 0.3 is 0 Å². The van der Waals surface area contributed by atoms with Gasteiger partial charge in [-0.05, 0) is 30.7 Å². The van der Waals surface area contributed by atoms with E-state index in [-0.39, 0.29) is 0 Å². The zero-order valence-corrected chi connectivity index (χ0v) is 10.7. The Morgan fingerprint density at radius 3 is 3.17 bits per heavy atom. The Kier molecular flexibility index (Phi) is 3.88. The Morgan fingerprint density at radius 1 is 1.39 bits per heavy atom. The predicted octanol–water partition coefficient (Wildman–Crippen LogP) is 0.892. The van der Waals surface area contributed by atoms with Crippen molar-refractivity contribution >= 4 is 0 Å². The zero-order chi connectivity index (χ0) is 12.2. The van der Waals surface area contributed by atoms with Gasteiger partial charge in [0, 0.05) is 44.5 Å². The van der Waals surface area contributed by atoms with Gasteiger partial charge in [-0.25, -0.2) is 0 Å². The maximum atomic E-state index is 5.96. The van der Waals surface area contributed by atoms with Crippen LogP contribution in [0.1, 0.15) is 12.0 Å². The highest BCUT2D eigenvalue weighted by molar-refractivity contribution is 5.09. The summed E-state index contributed by atoms with van der Waals surface area (Å²) < 4.78 is 5.96. The average Bonchev–Trinajstić information content (AvgIpc) is 2.61. The van der Waals surface area contributed by atoms with Crippen LogP contribution >= 0.6 is 0 Å². The fraction of sp³-hybridized carbons (Fsp3) is 0.643. The van der Waals surface area contributed by atoms with Crippen LogP contribution in [0.2, 0.25) is 0 Å². The molecule has 1 N–H and O–H groups in total. The van der Waals surface area contributed by atoms with E-state index in [1.54, 1.807) is 0 Å². The van der Waals surface area contributed by atoms with E-state index < -0.39 is 0 Å². The molecule has 0 aromatic carbocycles. The molecule has 0 bridgehead atoms. The molecule has 18 heavy (non-hydrogen) atoms. The number of hydrogen-bond acceptors (Lipinski definition) is 4. The van der Waals surface area contributed by atoms with E-state index in [0.29, 0.717) is 12.0 Å². The van der Waals surface area contributed by atoms with Gasteiger partial charge in [-0.15, -0.1) is 0 Å². The topological polar surface area (TPSA) is 37.4 Å². The van der Waals surface area contributed by atoms with Crippen molar-refractivity contribution in [2.24, 2.45) is 5.92 Å². The van der Waals surface area contributed by atoms with Gasteiger partial charge in [0.05, 0.1) is 12.7 Å². The zero-order valence-electron chi connectivity index (χ0n) is 10.7. The maximum absolute atomic E-state index is 5.96. The van der Waals surface area contributed by atoms with Crippen LogP contribution in [-0.2, 0) is 11.3 Å². The minimum atomic E-state index is 0.418. The number of rotatable bonds is 2. The second kappa shape index (κ2) is 5.78. The molecule has 0 spiro atoms. The van der Waals surface area contributed by atoms with Gasteiger partial charge in [-0.1, -0.05) is 0 Å². The third-order valence-corrected chi connectivity index (χ3v) is 3.95. The molecular formula is C14H21N3O. The smallest absolute Gasteiger partial charge is 0.0740 e. The fourth-order valence-electron chi connectivity index (χ4n) is 2.93. The highest BCUT2D eigenvalue weighted by Gasteiger charge is 2.29. The van der Waals surface area contributed by atoms with E-state index in [0.717, 1.165) is 39.3 Å². The molecule has 3 rings (SSSR count). The summed E-state index contributed by atoms with van der Waals surface area (Å²) in [7, 11) is 0. The summed E-state index contributed by atoms with van der Waals surface area (Å²) in [6, 6.07) is 4.21. The van der Waals surface area contributed by atoms with Crippen molar-refractivity contribution in [3.8, 4) is 0 Å². The number of pyridine rings is 1. The predicted molar refractivity (Wildman–Crippen MR) is 70.2 cm³/mol. The summed E-state index contributed by atoms with van der Waals surface area (Å²) >= 11 is 0. The molecule has 2 aliphatic rings. The number of nitrogens with zero attached hydrogens (tertiary/aromatic N) is 2. The Labute approximate surface area is 108 Å². The third kappa shape index (κ3) is 2.88. The largest absolute Gasteiger partial charge is 0.375 e. The highest BCUT2D eigenvalue weighted by atomic mass is 16.5. The van der Waals surface area contributed by atoms with Gasteiger partial charge in [0.25, 0.3) is 0 Å². The molecule has 2 fully saturated rings. The molecule has 0 amide bonds. The van der Waals surface area contributed by atoms with Crippen molar-refractivity contribution in [2.45, 2.75) is 19.1 Å². The van der Waals surface area contributed by atoms with Crippen molar-refractivity contribution in [3.05, 3.63) is 30.1 Å². The molecule has 3 heterocycles. The first-order valence-corrected chi connectivity index (χ1v) is 6.85. The summed E-state index contributed by atoms with van der Waals surface area (Å²) in [6.07, 6.45) is 5.40. The molecule has 98 valence electrons. The number of aromatic nitrogens is 1. The lowest BCUT2D eigenvalue weighted by Crippen LogP contribution is -2.44. The third-order valence-electron chi connectivity index (χ3n) is 3.95. The van der Waals surface area contributed by atoms with Crippen LogP contribution in [0.15, 0.2) is 24.5 Å². The Hall–Kier alpha value is -0.970. The SMILES string of the molecule is c1cc(CN2CCO[C@@H]3CNCC[C@@H]3C2)ccn1. The normalized spacial score (nSPS) is 29.6. The van der Waals surface area contributed by atoms with Gasteiger partial charge in [0.1, 0.15) is 0 Å². The van der Waals surface area contributed by atoms with E-state index in [1.807, 2.05) is 12.4 Å². The lowest BCUT2D eigenvalue weighted by molar-refractivity contribution is 0.0179. The van der Waals surface area contributed by atoms with Crippen LogP contribution in [0.5, 0.6) is 0 Å². The molecule has 0 unspecified atom stereocenters. The van der Waals surface area contributed by atoms with Crippen LogP contribution in [-0.4, -0.2) is 48.8 Å². The number of piperidine rings is 1. The van der Waals surface area contributed by atoms with Gasteiger partial charge in [0.15, 0.2) is 0 Å². The monoisotopic (exact) mass is 247 g/mol. The molecule has 2 saturated heterocycles. The molecule has 2 aliphatic heterocycles. The summed E-state index contributed by atoms with van der Waals surface area (Å²) in [6.45, 7) is 6.22. The molecule has 0 saturated carbocycles. The van der Waals surface area contributed by atoms with Crippen molar-refractivity contribution in [2.75, 3.05) is 32.8 Å². The lowest BCUT2D eigenvalue weighted by atomic mass is 9.94. The number of ether oxygens (including phenoxy) is 1. The first kappa shape index (κ1) is 12.1. The van der Waals surface area contributed by atoms with Crippen molar-refractivity contribution in [3.63, 3.8) is 0 Å². The van der Waals surface area contributed by atoms with Crippen LogP contribution in [0, 0.1) is 5.92 Å². The first-order chi connectivity index (χ1) is 8.92. The van der Waals surface area contributed by atoms with Crippen LogP contribution in [0.4, 0.5) is 0 Å². The number of nitrogens with one attached hydrogen (secondary N) is 1. The van der Waals surface area contributed by atoms with Crippen molar-refractivity contribution < 1.29 is 4.74 Å². The standard InChI is InChI=1S/C14H21N3O/c1-4-15-5-2-12(1)10-17-7-8-18-14-9-16-6-3-13(14)11-17/h1-2,4-5,13-14,16H,3,6-11H2/t13-,14-/m1/s1. The van der Waals surface area contributed by atoms with E-state index in [4.69, 9.17) is 4.74 Å². The summed E-state index contributed by atoms with van der Waals surface area (Å²) in [5, 5.41) is 3.42. The van der Waals surface area contributed by atoms with E-state index in [2.05, 4.69) is 27.3 Å². The summed E-state index contributed by atoms with van der Waals surface area (Å²) in [4.78, 5) is 6.59. The first-order valence-electron chi connectivity index (χ1n) is 6.85. The maximum Gasteiger partial charge on any atom is 0.0740 e. The Balaban J connectivity index is 1.63. The average molecular weight is 247 g/mol. The second-order valence-corrected chi connectivity index (χ2v) is 5.25. The van der Waals surface area contributed by atoms with Crippen LogP contribution < -0.4 is 5.32 Å². The van der Waals surface area contributed by atoms with Crippen LogP contribution in [0.3, 0.4) is 0 Å². The van der Waals surface area contributed by atoms with Gasteiger partial charge in [-0.3, -0.25) is 9.88 Å². The molecule has 4 nitrogen and oxygen atoms in total. The minimum Gasteiger partial charge on any atom is -0.375 e. The quantitative estimate of drug-likeness (QED) is 0.842. The molecule has 1 aromatic rings. The Bertz CT molecular complexity index is 371. The molecule has 2 atom stereocenters. The van der Waals surface area contributed by atoms with Crippen molar-refractivity contribution in [1.29, 1.82) is 0 Å². The molecule has 1 aromatic heterocycles. The molecular weight excluding hydrogens is 226 g/mol. The van der Waals surface area contributed by atoms with E-state index in [9.17, 15) is 0 Å². The Morgan fingerprint density at radius 2 is 2.28 bits per heavy atom. The summed E-state index contributed by atoms with van der Waals surface area (Å²) in [5.41, 5.74) is 1.34. The van der Waals surface area contributed by atoms with Crippen LogP contribution in [0.25, 0.3) is 0 Å². The van der Waals surface area contributed by atoms with E-state index in [1.165, 1.54) is 12.0 Å². The second-order valence-electron chi connectivity index (χ2n) is 5.25. The number of hydrogen-bond donors (Lipinski definition) is 1. The highest BCUT2D eigenvalue weighted by Crippen LogP contribution is 2.21. The minimum absolute atomic E-state index is 0.418. The lowest BCUT2D eigenvalue weighted by Gasteiger charge is -2.31. The van der Waals surface area contributed by atoms with E-state index >= 15 is 0 Å². The molecule has 0 aliphatic carbocycles. The molecule has 4 heteroatoms.